The van der Waals surface area contributed by atoms with E-state index in [4.69, 9.17) is 11.6 Å². The fourth-order valence-electron chi connectivity index (χ4n) is 2.04. The highest BCUT2D eigenvalue weighted by Crippen LogP contribution is 2.26. The largest absolute Gasteiger partial charge is 0.304 e. The van der Waals surface area contributed by atoms with Gasteiger partial charge in [0.2, 0.25) is 0 Å². The smallest absolute Gasteiger partial charge is 0.0831 e. The minimum absolute atomic E-state index is 0.381. The van der Waals surface area contributed by atoms with Gasteiger partial charge in [-0.3, -0.25) is 0 Å². The summed E-state index contributed by atoms with van der Waals surface area (Å²) in [4.78, 5) is 0. The molecule has 0 aliphatic carbocycles. The maximum Gasteiger partial charge on any atom is 0.0831 e. The zero-order valence-corrected chi connectivity index (χ0v) is 9.70. The van der Waals surface area contributed by atoms with E-state index in [-0.39, 0.29) is 0 Å². The van der Waals surface area contributed by atoms with Crippen molar-refractivity contribution in [3.63, 3.8) is 0 Å². The molecule has 0 spiro atoms. The lowest BCUT2D eigenvalue weighted by Gasteiger charge is -2.05. The maximum absolute atomic E-state index is 6.14. The molecular weight excluding hydrogens is 222 g/mol. The first-order chi connectivity index (χ1) is 7.75. The molecule has 0 fully saturated rings. The van der Waals surface area contributed by atoms with Crippen molar-refractivity contribution in [2.45, 2.75) is 19.5 Å². The monoisotopic (exact) mass is 233 g/mol. The third kappa shape index (κ3) is 1.44. The second kappa shape index (κ2) is 3.61. The second-order valence-electron chi connectivity index (χ2n) is 4.03. The van der Waals surface area contributed by atoms with E-state index in [2.05, 4.69) is 23.5 Å². The third-order valence-electron chi connectivity index (χ3n) is 2.96. The lowest BCUT2D eigenvalue weighted by molar-refractivity contribution is 0.617. The van der Waals surface area contributed by atoms with Crippen LogP contribution in [-0.2, 0) is 6.54 Å². The summed E-state index contributed by atoms with van der Waals surface area (Å²) < 4.78 is 1.87. The van der Waals surface area contributed by atoms with Crippen LogP contribution in [0.5, 0.6) is 0 Å². The van der Waals surface area contributed by atoms with Crippen molar-refractivity contribution >= 4 is 11.6 Å². The van der Waals surface area contributed by atoms with Crippen LogP contribution in [-0.4, -0.2) is 9.78 Å². The number of halogens is 1. The summed E-state index contributed by atoms with van der Waals surface area (Å²) in [5, 5.41) is 8.62. The van der Waals surface area contributed by atoms with Gasteiger partial charge in [-0.1, -0.05) is 23.7 Å². The topological polar surface area (TPSA) is 29.9 Å². The first-order valence-corrected chi connectivity index (χ1v) is 5.70. The number of aromatic nitrogens is 2. The molecule has 1 aromatic heterocycles. The van der Waals surface area contributed by atoms with Gasteiger partial charge in [-0.15, -0.1) is 0 Å². The molecule has 0 saturated carbocycles. The first kappa shape index (κ1) is 9.87. The molecule has 3 nitrogen and oxygen atoms in total. The zero-order chi connectivity index (χ0) is 11.1. The van der Waals surface area contributed by atoms with Crippen LogP contribution in [0.2, 0.25) is 5.02 Å². The van der Waals surface area contributed by atoms with E-state index in [1.165, 1.54) is 5.56 Å². The van der Waals surface area contributed by atoms with Gasteiger partial charge < -0.3 is 5.32 Å². The minimum Gasteiger partial charge on any atom is -0.304 e. The summed E-state index contributed by atoms with van der Waals surface area (Å²) in [6, 6.07) is 8.13. The molecular formula is C12H12ClN3. The van der Waals surface area contributed by atoms with Crippen LogP contribution in [0.1, 0.15) is 24.2 Å². The summed E-state index contributed by atoms with van der Waals surface area (Å²) in [6.45, 7) is 2.98. The molecule has 16 heavy (non-hydrogen) atoms. The van der Waals surface area contributed by atoms with Crippen molar-refractivity contribution in [3.05, 3.63) is 46.7 Å². The second-order valence-corrected chi connectivity index (χ2v) is 4.44. The predicted molar refractivity (Wildman–Crippen MR) is 63.8 cm³/mol. The third-order valence-corrected chi connectivity index (χ3v) is 3.28. The average molecular weight is 234 g/mol. The van der Waals surface area contributed by atoms with Crippen molar-refractivity contribution in [1.29, 1.82) is 0 Å². The van der Waals surface area contributed by atoms with Gasteiger partial charge in [0.15, 0.2) is 0 Å². The Morgan fingerprint density at radius 3 is 3.00 bits per heavy atom. The number of hydrogen-bond donors (Lipinski definition) is 1. The Morgan fingerprint density at radius 2 is 2.25 bits per heavy atom. The van der Waals surface area contributed by atoms with Gasteiger partial charge in [0.25, 0.3) is 0 Å². The Hall–Kier alpha value is -1.32. The highest BCUT2D eigenvalue weighted by atomic mass is 35.5. The van der Waals surface area contributed by atoms with E-state index >= 15 is 0 Å². The highest BCUT2D eigenvalue weighted by Gasteiger charge is 2.22. The SMILES string of the molecule is CC1NCc2nn(-c3ccccc3Cl)cc21. The standard InChI is InChI=1S/C12H12ClN3/c1-8-9-7-16(15-11(9)6-14-8)12-5-3-2-4-10(12)13/h2-5,7-8,14H,6H2,1H3. The van der Waals surface area contributed by atoms with E-state index in [9.17, 15) is 0 Å². The van der Waals surface area contributed by atoms with Crippen molar-refractivity contribution in [1.82, 2.24) is 15.1 Å². The van der Waals surface area contributed by atoms with Gasteiger partial charge in [-0.2, -0.15) is 5.10 Å². The van der Waals surface area contributed by atoms with Gasteiger partial charge in [-0.05, 0) is 19.1 Å². The summed E-state index contributed by atoms with van der Waals surface area (Å²) in [6.07, 6.45) is 2.06. The highest BCUT2D eigenvalue weighted by molar-refractivity contribution is 6.32. The Bertz CT molecular complexity index is 533. The normalized spacial score (nSPS) is 18.8. The quantitative estimate of drug-likeness (QED) is 0.821. The molecule has 4 heteroatoms. The van der Waals surface area contributed by atoms with Gasteiger partial charge in [0.1, 0.15) is 0 Å². The molecule has 1 aliphatic rings. The molecule has 3 rings (SSSR count). The number of rotatable bonds is 1. The lowest BCUT2D eigenvalue weighted by Crippen LogP contribution is -2.09. The Balaban J connectivity index is 2.09. The molecule has 1 aliphatic heterocycles. The van der Waals surface area contributed by atoms with Crippen LogP contribution in [0.3, 0.4) is 0 Å². The number of benzene rings is 1. The van der Waals surface area contributed by atoms with Crippen LogP contribution in [0.25, 0.3) is 5.69 Å². The molecule has 0 radical (unpaired) electrons. The van der Waals surface area contributed by atoms with Crippen LogP contribution in [0.4, 0.5) is 0 Å². The molecule has 0 saturated heterocycles. The van der Waals surface area contributed by atoms with E-state index < -0.39 is 0 Å². The molecule has 1 aromatic carbocycles. The summed E-state index contributed by atoms with van der Waals surface area (Å²) in [7, 11) is 0. The van der Waals surface area contributed by atoms with E-state index in [0.717, 1.165) is 22.9 Å². The molecule has 1 atom stereocenters. The van der Waals surface area contributed by atoms with Gasteiger partial charge >= 0.3 is 0 Å². The average Bonchev–Trinajstić information content (AvgIpc) is 2.82. The van der Waals surface area contributed by atoms with Crippen molar-refractivity contribution in [2.24, 2.45) is 0 Å². The van der Waals surface area contributed by atoms with E-state index in [1.54, 1.807) is 0 Å². The summed E-state index contributed by atoms with van der Waals surface area (Å²) >= 11 is 6.14. The molecule has 1 unspecified atom stereocenters. The Morgan fingerprint density at radius 1 is 1.44 bits per heavy atom. The van der Waals surface area contributed by atoms with Gasteiger partial charge in [0, 0.05) is 24.3 Å². The van der Waals surface area contributed by atoms with E-state index in [1.807, 2.05) is 28.9 Å². The first-order valence-electron chi connectivity index (χ1n) is 5.32. The fourth-order valence-corrected chi connectivity index (χ4v) is 2.27. The predicted octanol–water partition coefficient (Wildman–Crippen LogP) is 2.69. The molecule has 0 amide bonds. The molecule has 0 bridgehead atoms. The van der Waals surface area contributed by atoms with E-state index in [0.29, 0.717) is 6.04 Å². The Labute approximate surface area is 99.0 Å². The number of nitrogens with zero attached hydrogens (tertiary/aromatic N) is 2. The van der Waals surface area contributed by atoms with Crippen LogP contribution >= 0.6 is 11.6 Å². The zero-order valence-electron chi connectivity index (χ0n) is 8.94. The van der Waals surface area contributed by atoms with Crippen LogP contribution in [0, 0.1) is 0 Å². The molecule has 82 valence electrons. The van der Waals surface area contributed by atoms with Gasteiger partial charge in [0.05, 0.1) is 16.4 Å². The number of hydrogen-bond acceptors (Lipinski definition) is 2. The van der Waals surface area contributed by atoms with Crippen LogP contribution < -0.4 is 5.32 Å². The fraction of sp³-hybridized carbons (Fsp3) is 0.250. The molecule has 1 N–H and O–H groups in total. The van der Waals surface area contributed by atoms with Crippen molar-refractivity contribution in [2.75, 3.05) is 0 Å². The van der Waals surface area contributed by atoms with Gasteiger partial charge in [-0.25, -0.2) is 4.68 Å². The number of fused-ring (bicyclic) bond motifs is 1. The Kier molecular flexibility index (Phi) is 2.23. The van der Waals surface area contributed by atoms with Crippen molar-refractivity contribution < 1.29 is 0 Å². The summed E-state index contributed by atoms with van der Waals surface area (Å²) in [5.41, 5.74) is 3.32. The van der Waals surface area contributed by atoms with Crippen molar-refractivity contribution in [3.8, 4) is 5.69 Å². The summed E-state index contributed by atoms with van der Waals surface area (Å²) in [5.74, 6) is 0. The molecule has 2 heterocycles. The number of nitrogens with one attached hydrogen (secondary N) is 1. The molecule has 2 aromatic rings. The lowest BCUT2D eigenvalue weighted by atomic mass is 10.2. The number of para-hydroxylation sites is 1. The van der Waals surface area contributed by atoms with Crippen LogP contribution in [0.15, 0.2) is 30.5 Å². The minimum atomic E-state index is 0.381. The maximum atomic E-state index is 6.14.